The number of benzene rings is 1. The molecular weight excluding hydrogens is 202 g/mol. The van der Waals surface area contributed by atoms with Crippen LogP contribution in [-0.4, -0.2) is 19.6 Å². The zero-order valence-electron chi connectivity index (χ0n) is 10.3. The van der Waals surface area contributed by atoms with Crippen LogP contribution in [-0.2, 0) is 9.53 Å². The van der Waals surface area contributed by atoms with Crippen LogP contribution in [0.1, 0.15) is 29.7 Å². The van der Waals surface area contributed by atoms with Gasteiger partial charge in [0.05, 0.1) is 6.04 Å². The van der Waals surface area contributed by atoms with Gasteiger partial charge < -0.3 is 10.1 Å². The minimum absolute atomic E-state index is 0.0162. The number of hydrogen-bond acceptors (Lipinski definition) is 2. The molecule has 0 fully saturated rings. The quantitative estimate of drug-likeness (QED) is 0.845. The average molecular weight is 221 g/mol. The molecule has 1 rings (SSSR count). The van der Waals surface area contributed by atoms with Crippen LogP contribution in [0.5, 0.6) is 0 Å². The molecule has 0 heterocycles. The Labute approximate surface area is 96.8 Å². The van der Waals surface area contributed by atoms with Gasteiger partial charge in [-0.05, 0) is 31.9 Å². The molecule has 0 aliphatic heterocycles. The molecule has 88 valence electrons. The zero-order valence-corrected chi connectivity index (χ0v) is 10.3. The highest BCUT2D eigenvalue weighted by Gasteiger charge is 2.11. The minimum atomic E-state index is -0.0871. The number of carbonyl (C=O) groups is 1. The number of hydrogen-bond donors (Lipinski definition) is 1. The molecule has 3 nitrogen and oxygen atoms in total. The van der Waals surface area contributed by atoms with Crippen molar-refractivity contribution in [1.29, 1.82) is 0 Å². The predicted molar refractivity (Wildman–Crippen MR) is 64.3 cm³/mol. The van der Waals surface area contributed by atoms with Gasteiger partial charge in [-0.1, -0.05) is 23.8 Å². The first-order chi connectivity index (χ1) is 7.54. The largest absolute Gasteiger partial charge is 0.375 e. The van der Waals surface area contributed by atoms with E-state index in [0.717, 1.165) is 5.56 Å². The number of carbonyl (C=O) groups excluding carboxylic acids is 1. The summed E-state index contributed by atoms with van der Waals surface area (Å²) in [6, 6.07) is 6.27. The van der Waals surface area contributed by atoms with Crippen LogP contribution in [0.3, 0.4) is 0 Å². The van der Waals surface area contributed by atoms with Crippen LogP contribution < -0.4 is 5.32 Å². The van der Waals surface area contributed by atoms with E-state index in [9.17, 15) is 4.79 Å². The van der Waals surface area contributed by atoms with Crippen molar-refractivity contribution in [2.24, 2.45) is 0 Å². The van der Waals surface area contributed by atoms with E-state index in [-0.39, 0.29) is 18.6 Å². The third-order valence-electron chi connectivity index (χ3n) is 2.55. The summed E-state index contributed by atoms with van der Waals surface area (Å²) >= 11 is 0. The molecule has 0 saturated carbocycles. The normalized spacial score (nSPS) is 12.2. The summed E-state index contributed by atoms with van der Waals surface area (Å²) in [7, 11) is 1.52. The van der Waals surface area contributed by atoms with E-state index in [4.69, 9.17) is 4.74 Å². The third kappa shape index (κ3) is 3.35. The summed E-state index contributed by atoms with van der Waals surface area (Å²) in [6.45, 7) is 6.19. The van der Waals surface area contributed by atoms with Gasteiger partial charge in [-0.3, -0.25) is 4.79 Å². The third-order valence-corrected chi connectivity index (χ3v) is 2.55. The van der Waals surface area contributed by atoms with E-state index < -0.39 is 0 Å². The first-order valence-corrected chi connectivity index (χ1v) is 5.40. The molecule has 1 unspecified atom stereocenters. The number of ether oxygens (including phenoxy) is 1. The Morgan fingerprint density at radius 2 is 2.12 bits per heavy atom. The summed E-state index contributed by atoms with van der Waals surface area (Å²) in [5.41, 5.74) is 3.55. The molecule has 1 N–H and O–H groups in total. The highest BCUT2D eigenvalue weighted by Crippen LogP contribution is 2.18. The van der Waals surface area contributed by atoms with Crippen LogP contribution in [0, 0.1) is 13.8 Å². The lowest BCUT2D eigenvalue weighted by atomic mass is 10.00. The molecule has 1 aromatic rings. The SMILES string of the molecule is COCC(=O)NC(C)c1cc(C)ccc1C. The van der Waals surface area contributed by atoms with E-state index in [1.54, 1.807) is 0 Å². The Hall–Kier alpha value is -1.35. The van der Waals surface area contributed by atoms with Gasteiger partial charge in [0.15, 0.2) is 0 Å². The summed E-state index contributed by atoms with van der Waals surface area (Å²) in [5, 5.41) is 2.90. The maximum atomic E-state index is 11.4. The second-order valence-electron chi connectivity index (χ2n) is 4.08. The number of amides is 1. The fourth-order valence-corrected chi connectivity index (χ4v) is 1.72. The topological polar surface area (TPSA) is 38.3 Å². The standard InChI is InChI=1S/C13H19NO2/c1-9-5-6-10(2)12(7-9)11(3)14-13(15)8-16-4/h5-7,11H,8H2,1-4H3,(H,14,15). The summed E-state index contributed by atoms with van der Waals surface area (Å²) < 4.78 is 4.78. The van der Waals surface area contributed by atoms with Gasteiger partial charge in [-0.2, -0.15) is 0 Å². The van der Waals surface area contributed by atoms with Crippen molar-refractivity contribution in [3.63, 3.8) is 0 Å². The van der Waals surface area contributed by atoms with E-state index in [1.165, 1.54) is 18.2 Å². The molecule has 1 aromatic carbocycles. The average Bonchev–Trinajstić information content (AvgIpc) is 2.21. The molecule has 0 radical (unpaired) electrons. The molecule has 0 saturated heterocycles. The number of rotatable bonds is 4. The van der Waals surface area contributed by atoms with Gasteiger partial charge in [0, 0.05) is 7.11 Å². The molecule has 0 spiro atoms. The zero-order chi connectivity index (χ0) is 12.1. The molecule has 16 heavy (non-hydrogen) atoms. The van der Waals surface area contributed by atoms with Crippen LogP contribution in [0.25, 0.3) is 0 Å². The van der Waals surface area contributed by atoms with Gasteiger partial charge >= 0.3 is 0 Å². The fourth-order valence-electron chi connectivity index (χ4n) is 1.72. The van der Waals surface area contributed by atoms with Crippen molar-refractivity contribution < 1.29 is 9.53 Å². The number of nitrogens with one attached hydrogen (secondary N) is 1. The molecule has 1 atom stereocenters. The van der Waals surface area contributed by atoms with Gasteiger partial charge in [-0.25, -0.2) is 0 Å². The van der Waals surface area contributed by atoms with Crippen LogP contribution >= 0.6 is 0 Å². The Bertz CT molecular complexity index is 374. The van der Waals surface area contributed by atoms with Crippen LogP contribution in [0.15, 0.2) is 18.2 Å². The van der Waals surface area contributed by atoms with E-state index >= 15 is 0 Å². The Morgan fingerprint density at radius 1 is 1.44 bits per heavy atom. The molecule has 0 aliphatic rings. The molecular formula is C13H19NO2. The maximum absolute atomic E-state index is 11.4. The second-order valence-corrected chi connectivity index (χ2v) is 4.08. The Morgan fingerprint density at radius 3 is 2.75 bits per heavy atom. The van der Waals surface area contributed by atoms with Gasteiger partial charge in [0.1, 0.15) is 6.61 Å². The van der Waals surface area contributed by atoms with Crippen molar-refractivity contribution >= 4 is 5.91 Å². The molecule has 3 heteroatoms. The maximum Gasteiger partial charge on any atom is 0.246 e. The smallest absolute Gasteiger partial charge is 0.246 e. The van der Waals surface area contributed by atoms with E-state index in [1.807, 2.05) is 20.8 Å². The number of methoxy groups -OCH3 is 1. The van der Waals surface area contributed by atoms with E-state index in [2.05, 4.69) is 23.5 Å². The minimum Gasteiger partial charge on any atom is -0.375 e. The van der Waals surface area contributed by atoms with Crippen molar-refractivity contribution in [3.05, 3.63) is 34.9 Å². The van der Waals surface area contributed by atoms with Crippen molar-refractivity contribution in [2.75, 3.05) is 13.7 Å². The Kier molecular flexibility index (Phi) is 4.50. The molecule has 0 bridgehead atoms. The Balaban J connectivity index is 2.76. The highest BCUT2D eigenvalue weighted by atomic mass is 16.5. The van der Waals surface area contributed by atoms with Crippen molar-refractivity contribution in [3.8, 4) is 0 Å². The lowest BCUT2D eigenvalue weighted by Gasteiger charge is -2.17. The highest BCUT2D eigenvalue weighted by molar-refractivity contribution is 5.77. The predicted octanol–water partition coefficient (Wildman–Crippen LogP) is 2.13. The fraction of sp³-hybridized carbons (Fsp3) is 0.462. The van der Waals surface area contributed by atoms with Gasteiger partial charge in [-0.15, -0.1) is 0 Å². The summed E-state index contributed by atoms with van der Waals surface area (Å²) in [5.74, 6) is -0.0871. The van der Waals surface area contributed by atoms with Gasteiger partial charge in [0.25, 0.3) is 0 Å². The summed E-state index contributed by atoms with van der Waals surface area (Å²) in [6.07, 6.45) is 0. The molecule has 1 amide bonds. The monoisotopic (exact) mass is 221 g/mol. The lowest BCUT2D eigenvalue weighted by molar-refractivity contribution is -0.125. The first kappa shape index (κ1) is 12.7. The second kappa shape index (κ2) is 5.66. The summed E-state index contributed by atoms with van der Waals surface area (Å²) in [4.78, 5) is 11.4. The van der Waals surface area contributed by atoms with E-state index in [0.29, 0.717) is 0 Å². The molecule has 0 aromatic heterocycles. The lowest BCUT2D eigenvalue weighted by Crippen LogP contribution is -2.30. The first-order valence-electron chi connectivity index (χ1n) is 5.40. The van der Waals surface area contributed by atoms with Crippen molar-refractivity contribution in [1.82, 2.24) is 5.32 Å². The van der Waals surface area contributed by atoms with Gasteiger partial charge in [0.2, 0.25) is 5.91 Å². The van der Waals surface area contributed by atoms with Crippen LogP contribution in [0.4, 0.5) is 0 Å². The molecule has 0 aliphatic carbocycles. The number of aryl methyl sites for hydroxylation is 2. The van der Waals surface area contributed by atoms with Crippen molar-refractivity contribution in [2.45, 2.75) is 26.8 Å². The van der Waals surface area contributed by atoms with Crippen LogP contribution in [0.2, 0.25) is 0 Å².